The van der Waals surface area contributed by atoms with Crippen LogP contribution in [0.4, 0.5) is 0 Å². The van der Waals surface area contributed by atoms with E-state index in [-0.39, 0.29) is 0 Å². The smallest absolute Gasteiger partial charge is 0.0191 e. The number of hydrogen-bond donors (Lipinski definition) is 0. The van der Waals surface area contributed by atoms with Gasteiger partial charge in [-0.15, -0.1) is 0 Å². The molecular weight excluding hydrogens is 216 g/mol. The zero-order valence-electron chi connectivity index (χ0n) is 4.58. The number of rotatable bonds is 2. The van der Waals surface area contributed by atoms with Gasteiger partial charge in [-0.25, -0.2) is 0 Å². The molecule has 0 unspecified atom stereocenters. The standard InChI is InChI=1S/C6H5BrS2/c7-9-8-6-4-2-1-3-5-6/h1-5H. The molecule has 9 heavy (non-hydrogen) atoms. The van der Waals surface area contributed by atoms with Crippen molar-refractivity contribution in [1.29, 1.82) is 0 Å². The lowest BCUT2D eigenvalue weighted by Crippen LogP contribution is -1.60. The van der Waals surface area contributed by atoms with Crippen molar-refractivity contribution in [1.82, 2.24) is 0 Å². The molecule has 0 aliphatic rings. The molecular formula is C6H5BrS2. The summed E-state index contributed by atoms with van der Waals surface area (Å²) in [7, 11) is 3.29. The third-order valence-electron chi connectivity index (χ3n) is 0.871. The van der Waals surface area contributed by atoms with Crippen molar-refractivity contribution in [3.63, 3.8) is 0 Å². The molecule has 0 fully saturated rings. The highest BCUT2D eigenvalue weighted by molar-refractivity contribution is 9.60. The molecule has 1 aromatic carbocycles. The Morgan fingerprint density at radius 2 is 1.78 bits per heavy atom. The largest absolute Gasteiger partial charge is 0.0622 e. The van der Waals surface area contributed by atoms with Gasteiger partial charge in [0.05, 0.1) is 0 Å². The molecule has 0 radical (unpaired) electrons. The molecule has 48 valence electrons. The highest BCUT2D eigenvalue weighted by Gasteiger charge is 1.87. The topological polar surface area (TPSA) is 0 Å². The Balaban J connectivity index is 2.61. The summed E-state index contributed by atoms with van der Waals surface area (Å²) in [5.74, 6) is 0. The van der Waals surface area contributed by atoms with E-state index in [1.807, 2.05) is 18.2 Å². The number of halogens is 1. The van der Waals surface area contributed by atoms with E-state index in [0.717, 1.165) is 0 Å². The van der Waals surface area contributed by atoms with E-state index in [0.29, 0.717) is 0 Å². The Morgan fingerprint density at radius 1 is 1.11 bits per heavy atom. The monoisotopic (exact) mass is 220 g/mol. The Kier molecular flexibility index (Phi) is 3.55. The molecule has 0 aliphatic carbocycles. The second-order valence-corrected chi connectivity index (χ2v) is 5.48. The van der Waals surface area contributed by atoms with Crippen LogP contribution in [0.2, 0.25) is 0 Å². The normalized spacial score (nSPS) is 9.44. The van der Waals surface area contributed by atoms with E-state index in [1.54, 1.807) is 20.0 Å². The zero-order valence-corrected chi connectivity index (χ0v) is 7.80. The van der Waals surface area contributed by atoms with E-state index in [4.69, 9.17) is 0 Å². The summed E-state index contributed by atoms with van der Waals surface area (Å²) in [5, 5.41) is 0. The van der Waals surface area contributed by atoms with Gasteiger partial charge < -0.3 is 0 Å². The molecule has 0 bridgehead atoms. The van der Waals surface area contributed by atoms with E-state index in [2.05, 4.69) is 26.9 Å². The van der Waals surface area contributed by atoms with Gasteiger partial charge in [0.1, 0.15) is 0 Å². The van der Waals surface area contributed by atoms with Gasteiger partial charge in [0.15, 0.2) is 0 Å². The first kappa shape index (κ1) is 7.51. The van der Waals surface area contributed by atoms with E-state index in [9.17, 15) is 0 Å². The summed E-state index contributed by atoms with van der Waals surface area (Å²) < 4.78 is 0. The van der Waals surface area contributed by atoms with E-state index < -0.39 is 0 Å². The summed E-state index contributed by atoms with van der Waals surface area (Å²) >= 11 is 3.27. The molecule has 0 aromatic heterocycles. The van der Waals surface area contributed by atoms with Crippen LogP contribution in [0, 0.1) is 0 Å². The summed E-state index contributed by atoms with van der Waals surface area (Å²) in [6.07, 6.45) is 0. The van der Waals surface area contributed by atoms with Crippen molar-refractivity contribution in [2.45, 2.75) is 4.90 Å². The predicted octanol–water partition coefficient (Wildman–Crippen LogP) is 3.74. The van der Waals surface area contributed by atoms with Gasteiger partial charge in [0, 0.05) is 19.7 Å². The minimum atomic E-state index is 1.28. The highest BCUT2D eigenvalue weighted by Crippen LogP contribution is 2.34. The second kappa shape index (κ2) is 4.25. The lowest BCUT2D eigenvalue weighted by molar-refractivity contribution is 1.48. The van der Waals surface area contributed by atoms with Crippen LogP contribution in [0.3, 0.4) is 0 Å². The number of hydrogen-bond acceptors (Lipinski definition) is 2. The fraction of sp³-hybridized carbons (Fsp3) is 0. The lowest BCUT2D eigenvalue weighted by Gasteiger charge is -1.91. The molecule has 0 amide bonds. The maximum atomic E-state index is 3.27. The molecule has 0 N–H and O–H groups in total. The van der Waals surface area contributed by atoms with Gasteiger partial charge in [0.2, 0.25) is 0 Å². The molecule has 3 heteroatoms. The van der Waals surface area contributed by atoms with Crippen LogP contribution in [0.1, 0.15) is 0 Å². The van der Waals surface area contributed by atoms with Gasteiger partial charge in [-0.05, 0) is 32.2 Å². The van der Waals surface area contributed by atoms with Gasteiger partial charge in [-0.2, -0.15) is 0 Å². The Morgan fingerprint density at radius 3 is 2.33 bits per heavy atom. The average molecular weight is 221 g/mol. The van der Waals surface area contributed by atoms with Crippen molar-refractivity contribution in [2.24, 2.45) is 0 Å². The molecule has 0 spiro atoms. The highest BCUT2D eigenvalue weighted by atomic mass is 79.9. The fourth-order valence-electron chi connectivity index (χ4n) is 0.512. The van der Waals surface area contributed by atoms with Crippen molar-refractivity contribution in [3.8, 4) is 0 Å². The van der Waals surface area contributed by atoms with Crippen LogP contribution >= 0.6 is 34.8 Å². The molecule has 0 saturated carbocycles. The van der Waals surface area contributed by atoms with Crippen molar-refractivity contribution in [2.75, 3.05) is 0 Å². The lowest BCUT2D eigenvalue weighted by atomic mass is 10.4. The first-order valence-electron chi connectivity index (χ1n) is 2.44. The van der Waals surface area contributed by atoms with Gasteiger partial charge in [0.25, 0.3) is 0 Å². The summed E-state index contributed by atoms with van der Waals surface area (Å²) in [6, 6.07) is 10.2. The van der Waals surface area contributed by atoms with Crippen molar-refractivity contribution in [3.05, 3.63) is 30.3 Å². The van der Waals surface area contributed by atoms with Gasteiger partial charge in [-0.1, -0.05) is 18.2 Å². The first-order valence-corrected chi connectivity index (χ1v) is 6.43. The quantitative estimate of drug-likeness (QED) is 0.698. The first-order chi connectivity index (χ1) is 4.43. The van der Waals surface area contributed by atoms with Crippen LogP contribution in [0.15, 0.2) is 35.2 Å². The van der Waals surface area contributed by atoms with Crippen LogP contribution in [-0.2, 0) is 0 Å². The Labute approximate surface area is 70.0 Å². The van der Waals surface area contributed by atoms with Crippen LogP contribution in [0.5, 0.6) is 0 Å². The molecule has 1 aromatic rings. The summed E-state index contributed by atoms with van der Waals surface area (Å²) in [5.41, 5.74) is 0. The Hall–Kier alpha value is 0.400. The fourth-order valence-corrected chi connectivity index (χ4v) is 2.78. The van der Waals surface area contributed by atoms with Gasteiger partial charge >= 0.3 is 0 Å². The molecule has 0 nitrogen and oxygen atoms in total. The average Bonchev–Trinajstić information content (AvgIpc) is 1.91. The third-order valence-corrected chi connectivity index (χ3v) is 3.35. The Bertz CT molecular complexity index is 164. The third kappa shape index (κ3) is 2.65. The zero-order chi connectivity index (χ0) is 6.53. The van der Waals surface area contributed by atoms with Crippen LogP contribution < -0.4 is 0 Å². The van der Waals surface area contributed by atoms with E-state index in [1.165, 1.54) is 4.90 Å². The van der Waals surface area contributed by atoms with Crippen molar-refractivity contribution < 1.29 is 0 Å². The van der Waals surface area contributed by atoms with Gasteiger partial charge in [-0.3, -0.25) is 0 Å². The second-order valence-electron chi connectivity index (χ2n) is 1.46. The minimum Gasteiger partial charge on any atom is -0.0622 e. The predicted molar refractivity (Wildman–Crippen MR) is 48.8 cm³/mol. The number of benzene rings is 1. The molecule has 0 heterocycles. The van der Waals surface area contributed by atoms with E-state index >= 15 is 0 Å². The minimum absolute atomic E-state index is 1.28. The molecule has 0 saturated heterocycles. The molecule has 0 aliphatic heterocycles. The van der Waals surface area contributed by atoms with Crippen LogP contribution in [-0.4, -0.2) is 0 Å². The summed E-state index contributed by atoms with van der Waals surface area (Å²) in [6.45, 7) is 0. The van der Waals surface area contributed by atoms with Crippen molar-refractivity contribution >= 4 is 34.8 Å². The SMILES string of the molecule is BrSSc1ccccc1. The molecule has 0 atom stereocenters. The summed E-state index contributed by atoms with van der Waals surface area (Å²) in [4.78, 5) is 1.28. The maximum Gasteiger partial charge on any atom is 0.0191 e. The maximum absolute atomic E-state index is 3.27. The van der Waals surface area contributed by atoms with Crippen LogP contribution in [0.25, 0.3) is 0 Å². The molecule has 1 rings (SSSR count).